The number of carbonyl (C=O) groups is 2. The van der Waals surface area contributed by atoms with Gasteiger partial charge < -0.3 is 23.7 Å². The van der Waals surface area contributed by atoms with Gasteiger partial charge in [-0.1, -0.05) is 6.07 Å². The maximum atomic E-state index is 13.2. The van der Waals surface area contributed by atoms with Gasteiger partial charge in [0.15, 0.2) is 17.3 Å². The molecule has 2 aliphatic heterocycles. The maximum absolute atomic E-state index is 13.2. The largest absolute Gasteiger partial charge is 0.486 e. The van der Waals surface area contributed by atoms with Crippen LogP contribution in [0.2, 0.25) is 0 Å². The van der Waals surface area contributed by atoms with E-state index in [9.17, 15) is 9.59 Å². The van der Waals surface area contributed by atoms with Gasteiger partial charge in [0.1, 0.15) is 13.2 Å². The molecule has 2 amide bonds. The van der Waals surface area contributed by atoms with Crippen LogP contribution in [0.3, 0.4) is 0 Å². The van der Waals surface area contributed by atoms with Gasteiger partial charge >= 0.3 is 0 Å². The molecule has 0 radical (unpaired) electrons. The van der Waals surface area contributed by atoms with E-state index in [0.29, 0.717) is 56.7 Å². The smallest absolute Gasteiger partial charge is 0.289 e. The first-order valence-corrected chi connectivity index (χ1v) is 9.49. The summed E-state index contributed by atoms with van der Waals surface area (Å²) in [5, 5.41) is 0. The highest BCUT2D eigenvalue weighted by atomic mass is 16.6. The molecule has 28 heavy (non-hydrogen) atoms. The number of nitrogens with zero attached hydrogens (tertiary/aromatic N) is 2. The van der Waals surface area contributed by atoms with Crippen molar-refractivity contribution < 1.29 is 23.5 Å². The van der Waals surface area contributed by atoms with Crippen molar-refractivity contribution in [1.82, 2.24) is 9.80 Å². The van der Waals surface area contributed by atoms with Crippen molar-refractivity contribution in [2.45, 2.75) is 19.3 Å². The fourth-order valence-corrected chi connectivity index (χ4v) is 3.62. The summed E-state index contributed by atoms with van der Waals surface area (Å²) >= 11 is 0. The summed E-state index contributed by atoms with van der Waals surface area (Å²) in [5.74, 6) is 1.62. The van der Waals surface area contributed by atoms with E-state index in [4.69, 9.17) is 13.9 Å². The predicted octanol–water partition coefficient (Wildman–Crippen LogP) is 2.31. The molecule has 7 nitrogen and oxygen atoms in total. The summed E-state index contributed by atoms with van der Waals surface area (Å²) in [6, 6.07) is 9.03. The second kappa shape index (κ2) is 7.22. The summed E-state index contributed by atoms with van der Waals surface area (Å²) < 4.78 is 16.4. The molecule has 0 aliphatic carbocycles. The molecule has 4 rings (SSSR count). The molecule has 148 valence electrons. The minimum Gasteiger partial charge on any atom is -0.486 e. The Balaban J connectivity index is 1.43. The number of hydrogen-bond donors (Lipinski definition) is 0. The van der Waals surface area contributed by atoms with Crippen LogP contribution in [0.4, 0.5) is 0 Å². The number of piperazine rings is 1. The van der Waals surface area contributed by atoms with Crippen LogP contribution < -0.4 is 9.47 Å². The molecular weight excluding hydrogens is 360 g/mol. The zero-order valence-electron chi connectivity index (χ0n) is 16.1. The van der Waals surface area contributed by atoms with Crippen LogP contribution in [0.25, 0.3) is 0 Å². The molecule has 0 N–H and O–H groups in total. The Hall–Kier alpha value is -2.96. The Morgan fingerprint density at radius 3 is 2.29 bits per heavy atom. The van der Waals surface area contributed by atoms with Crippen molar-refractivity contribution in [2.75, 3.05) is 39.4 Å². The lowest BCUT2D eigenvalue weighted by Gasteiger charge is -2.38. The number of hydrogen-bond acceptors (Lipinski definition) is 5. The number of benzene rings is 1. The summed E-state index contributed by atoms with van der Waals surface area (Å²) in [4.78, 5) is 29.2. The first-order valence-electron chi connectivity index (χ1n) is 9.49. The van der Waals surface area contributed by atoms with Crippen LogP contribution in [0.5, 0.6) is 11.5 Å². The van der Waals surface area contributed by atoms with Gasteiger partial charge in [0.25, 0.3) is 5.91 Å². The third-order valence-corrected chi connectivity index (χ3v) is 5.38. The molecule has 3 heterocycles. The lowest BCUT2D eigenvalue weighted by atomic mass is 9.82. The highest BCUT2D eigenvalue weighted by Crippen LogP contribution is 2.36. The molecule has 1 aromatic carbocycles. The molecular formula is C21H24N2O5. The highest BCUT2D eigenvalue weighted by Gasteiger charge is 2.36. The van der Waals surface area contributed by atoms with Crippen LogP contribution in [-0.4, -0.2) is 61.0 Å². The van der Waals surface area contributed by atoms with E-state index in [1.54, 1.807) is 17.0 Å². The van der Waals surface area contributed by atoms with Gasteiger partial charge in [0.2, 0.25) is 5.91 Å². The molecule has 7 heteroatoms. The average Bonchev–Trinajstić information content (AvgIpc) is 3.27. The van der Waals surface area contributed by atoms with Gasteiger partial charge in [-0.2, -0.15) is 0 Å². The van der Waals surface area contributed by atoms with Crippen molar-refractivity contribution in [2.24, 2.45) is 0 Å². The Morgan fingerprint density at radius 1 is 0.929 bits per heavy atom. The third kappa shape index (κ3) is 3.32. The lowest BCUT2D eigenvalue weighted by Crippen LogP contribution is -2.54. The molecule has 1 saturated heterocycles. The standard InChI is InChI=1S/C21H24N2O5/c1-21(2,15-5-6-16-18(14-15)28-13-12-27-16)20(25)23-9-7-22(8-10-23)19(24)17-4-3-11-26-17/h3-6,11,14H,7-10,12-13H2,1-2H3. The van der Waals surface area contributed by atoms with Gasteiger partial charge in [0.05, 0.1) is 11.7 Å². The van der Waals surface area contributed by atoms with E-state index in [1.807, 2.05) is 36.9 Å². The minimum atomic E-state index is -0.705. The Kier molecular flexibility index (Phi) is 4.75. The van der Waals surface area contributed by atoms with E-state index >= 15 is 0 Å². The van der Waals surface area contributed by atoms with Crippen LogP contribution in [0.15, 0.2) is 41.0 Å². The van der Waals surface area contributed by atoms with Crippen molar-refractivity contribution in [3.05, 3.63) is 47.9 Å². The van der Waals surface area contributed by atoms with Gasteiger partial charge in [-0.25, -0.2) is 0 Å². The Morgan fingerprint density at radius 2 is 1.61 bits per heavy atom. The van der Waals surface area contributed by atoms with E-state index in [1.165, 1.54) is 6.26 Å². The molecule has 0 unspecified atom stereocenters. The topological polar surface area (TPSA) is 72.2 Å². The quantitative estimate of drug-likeness (QED) is 0.812. The number of fused-ring (bicyclic) bond motifs is 1. The zero-order valence-corrected chi connectivity index (χ0v) is 16.1. The van der Waals surface area contributed by atoms with Gasteiger partial charge in [-0.15, -0.1) is 0 Å². The zero-order chi connectivity index (χ0) is 19.7. The van der Waals surface area contributed by atoms with Gasteiger partial charge in [-0.05, 0) is 43.7 Å². The number of rotatable bonds is 3. The van der Waals surface area contributed by atoms with E-state index in [2.05, 4.69) is 0 Å². The monoisotopic (exact) mass is 384 g/mol. The molecule has 0 saturated carbocycles. The summed E-state index contributed by atoms with van der Waals surface area (Å²) in [6.45, 7) is 6.86. The third-order valence-electron chi connectivity index (χ3n) is 5.38. The molecule has 0 spiro atoms. The molecule has 1 fully saturated rings. The number of furan rings is 1. The maximum Gasteiger partial charge on any atom is 0.289 e. The fraction of sp³-hybridized carbons (Fsp3) is 0.429. The van der Waals surface area contributed by atoms with Crippen molar-refractivity contribution in [1.29, 1.82) is 0 Å². The second-order valence-corrected chi connectivity index (χ2v) is 7.55. The molecule has 2 aliphatic rings. The van der Waals surface area contributed by atoms with E-state index < -0.39 is 5.41 Å². The van der Waals surface area contributed by atoms with Gasteiger partial charge in [-0.3, -0.25) is 9.59 Å². The van der Waals surface area contributed by atoms with Crippen molar-refractivity contribution in [3.63, 3.8) is 0 Å². The minimum absolute atomic E-state index is 0.0364. The average molecular weight is 384 g/mol. The molecule has 0 bridgehead atoms. The Labute approximate surface area is 163 Å². The summed E-state index contributed by atoms with van der Waals surface area (Å²) in [7, 11) is 0. The first-order chi connectivity index (χ1) is 13.5. The number of ether oxygens (including phenoxy) is 2. The summed E-state index contributed by atoms with van der Waals surface area (Å²) in [5.41, 5.74) is 0.180. The van der Waals surface area contributed by atoms with Crippen molar-refractivity contribution >= 4 is 11.8 Å². The SMILES string of the molecule is CC(C)(C(=O)N1CCN(C(=O)c2ccco2)CC1)c1ccc2c(c1)OCCO2. The van der Waals surface area contributed by atoms with Crippen molar-refractivity contribution in [3.8, 4) is 11.5 Å². The lowest BCUT2D eigenvalue weighted by molar-refractivity contribution is -0.137. The molecule has 2 aromatic rings. The molecule has 1 aromatic heterocycles. The highest BCUT2D eigenvalue weighted by molar-refractivity contribution is 5.92. The van der Waals surface area contributed by atoms with Crippen LogP contribution in [0.1, 0.15) is 30.0 Å². The normalized spacial score (nSPS) is 16.8. The fourth-order valence-electron chi connectivity index (χ4n) is 3.62. The Bertz CT molecular complexity index is 867. The van der Waals surface area contributed by atoms with E-state index in [-0.39, 0.29) is 11.8 Å². The molecule has 0 atom stereocenters. The number of carbonyl (C=O) groups excluding carboxylic acids is 2. The summed E-state index contributed by atoms with van der Waals surface area (Å²) in [6.07, 6.45) is 1.49. The van der Waals surface area contributed by atoms with Crippen LogP contribution >= 0.6 is 0 Å². The predicted molar refractivity (Wildman–Crippen MR) is 102 cm³/mol. The van der Waals surface area contributed by atoms with Crippen LogP contribution in [-0.2, 0) is 10.2 Å². The van der Waals surface area contributed by atoms with Gasteiger partial charge in [0, 0.05) is 26.2 Å². The number of amides is 2. The second-order valence-electron chi connectivity index (χ2n) is 7.55. The van der Waals surface area contributed by atoms with Crippen LogP contribution in [0, 0.1) is 0 Å². The first kappa shape index (κ1) is 18.4. The van der Waals surface area contributed by atoms with E-state index in [0.717, 1.165) is 5.56 Å².